The van der Waals surface area contributed by atoms with Gasteiger partial charge in [-0.25, -0.2) is 0 Å². The molecule has 0 radical (unpaired) electrons. The van der Waals surface area contributed by atoms with Crippen LogP contribution in [0.3, 0.4) is 0 Å². The number of rotatable bonds is 1. The first-order chi connectivity index (χ1) is 5.38. The first-order valence-corrected chi connectivity index (χ1v) is 3.31. The van der Waals surface area contributed by atoms with E-state index < -0.39 is 0 Å². The first-order valence-electron chi connectivity index (χ1n) is 3.31. The minimum Gasteiger partial charge on any atom is -0.404 e. The number of aliphatic imine (C=N–C) groups is 1. The van der Waals surface area contributed by atoms with Gasteiger partial charge in [-0.15, -0.1) is 0 Å². The van der Waals surface area contributed by atoms with Crippen LogP contribution in [-0.2, 0) is 0 Å². The van der Waals surface area contributed by atoms with E-state index in [1.165, 1.54) is 0 Å². The molecular formula is C9H10N2. The van der Waals surface area contributed by atoms with Gasteiger partial charge in [0.05, 0.1) is 0 Å². The summed E-state index contributed by atoms with van der Waals surface area (Å²) in [5.74, 6) is 0. The van der Waals surface area contributed by atoms with Crippen LogP contribution in [0.2, 0.25) is 0 Å². The summed E-state index contributed by atoms with van der Waals surface area (Å²) in [7, 11) is 0. The first kappa shape index (κ1) is 7.54. The molecule has 0 spiro atoms. The van der Waals surface area contributed by atoms with Crippen LogP contribution in [0.1, 0.15) is 0 Å². The molecule has 0 aliphatic rings. The van der Waals surface area contributed by atoms with Crippen LogP contribution in [-0.4, -0.2) is 6.72 Å². The highest BCUT2D eigenvalue weighted by Gasteiger charge is 1.79. The summed E-state index contributed by atoms with van der Waals surface area (Å²) in [5.41, 5.74) is 5.37. The van der Waals surface area contributed by atoms with Crippen molar-refractivity contribution in [1.29, 1.82) is 0 Å². The van der Waals surface area contributed by atoms with E-state index in [0.29, 0.717) is 0 Å². The molecule has 1 aromatic rings. The molecule has 0 aliphatic heterocycles. The second-order valence-corrected chi connectivity index (χ2v) is 2.11. The lowest BCUT2D eigenvalue weighted by Crippen LogP contribution is -2.24. The van der Waals surface area contributed by atoms with Crippen molar-refractivity contribution < 1.29 is 0 Å². The van der Waals surface area contributed by atoms with Gasteiger partial charge in [-0.1, -0.05) is 24.3 Å². The summed E-state index contributed by atoms with van der Waals surface area (Å²) in [6, 6.07) is 7.73. The minimum absolute atomic E-state index is 0.972. The van der Waals surface area contributed by atoms with Crippen LogP contribution < -0.4 is 16.2 Å². The SMILES string of the molecule is C=N/C=c1/cccc/c1=C/N. The molecule has 0 saturated carbocycles. The van der Waals surface area contributed by atoms with Gasteiger partial charge in [0.1, 0.15) is 0 Å². The maximum Gasteiger partial charge on any atom is 0.0339 e. The fourth-order valence-electron chi connectivity index (χ4n) is 0.879. The third-order valence-corrected chi connectivity index (χ3v) is 1.41. The maximum absolute atomic E-state index is 5.37. The zero-order valence-corrected chi connectivity index (χ0v) is 6.20. The van der Waals surface area contributed by atoms with E-state index in [9.17, 15) is 0 Å². The normalized spacial score (nSPS) is 13.5. The summed E-state index contributed by atoms with van der Waals surface area (Å²) < 4.78 is 0. The fourth-order valence-corrected chi connectivity index (χ4v) is 0.879. The molecule has 1 aromatic carbocycles. The van der Waals surface area contributed by atoms with Crippen molar-refractivity contribution in [3.8, 4) is 0 Å². The summed E-state index contributed by atoms with van der Waals surface area (Å²) in [4.78, 5) is 3.66. The second kappa shape index (κ2) is 3.56. The Morgan fingerprint density at radius 3 is 2.45 bits per heavy atom. The lowest BCUT2D eigenvalue weighted by molar-refractivity contribution is 1.47. The Labute approximate surface area is 65.4 Å². The molecule has 0 atom stereocenters. The summed E-state index contributed by atoms with van der Waals surface area (Å²) in [5, 5.41) is 1.96. The van der Waals surface area contributed by atoms with Gasteiger partial charge < -0.3 is 5.73 Å². The van der Waals surface area contributed by atoms with Gasteiger partial charge >= 0.3 is 0 Å². The molecule has 0 aromatic heterocycles. The quantitative estimate of drug-likeness (QED) is 0.548. The molecule has 56 valence electrons. The predicted molar refractivity (Wildman–Crippen MR) is 48.4 cm³/mol. The molecule has 1 rings (SSSR count). The minimum atomic E-state index is 0.972. The van der Waals surface area contributed by atoms with Crippen LogP contribution >= 0.6 is 0 Å². The van der Waals surface area contributed by atoms with Gasteiger partial charge in [0, 0.05) is 17.6 Å². The van der Waals surface area contributed by atoms with Crippen molar-refractivity contribution in [3.63, 3.8) is 0 Å². The number of nitrogens with zero attached hydrogens (tertiary/aromatic N) is 1. The van der Waals surface area contributed by atoms with Gasteiger partial charge in [-0.2, -0.15) is 0 Å². The summed E-state index contributed by atoms with van der Waals surface area (Å²) in [6.07, 6.45) is 3.23. The number of nitrogens with two attached hydrogens (primary N) is 1. The predicted octanol–water partition coefficient (Wildman–Crippen LogP) is -0.178. The largest absolute Gasteiger partial charge is 0.404 e. The highest BCUT2D eigenvalue weighted by atomic mass is 14.6. The van der Waals surface area contributed by atoms with Crippen molar-refractivity contribution in [2.45, 2.75) is 0 Å². The molecule has 2 nitrogen and oxygen atoms in total. The smallest absolute Gasteiger partial charge is 0.0339 e. The highest BCUT2D eigenvalue weighted by Crippen LogP contribution is 1.71. The Bertz CT molecular complexity index is 352. The molecular weight excluding hydrogens is 136 g/mol. The van der Waals surface area contributed by atoms with E-state index >= 15 is 0 Å². The van der Waals surface area contributed by atoms with Crippen molar-refractivity contribution >= 4 is 19.1 Å². The topological polar surface area (TPSA) is 38.4 Å². The fraction of sp³-hybridized carbons (Fsp3) is 0. The zero-order valence-electron chi connectivity index (χ0n) is 6.20. The Kier molecular flexibility index (Phi) is 2.44. The van der Waals surface area contributed by atoms with Gasteiger partial charge in [0.25, 0.3) is 0 Å². The summed E-state index contributed by atoms with van der Waals surface area (Å²) in [6.45, 7) is 3.37. The number of hydrogen-bond acceptors (Lipinski definition) is 2. The Morgan fingerprint density at radius 2 is 1.91 bits per heavy atom. The van der Waals surface area contributed by atoms with Crippen LogP contribution in [0.5, 0.6) is 0 Å². The molecule has 11 heavy (non-hydrogen) atoms. The van der Waals surface area contributed by atoms with Crippen LogP contribution in [0.25, 0.3) is 12.4 Å². The lowest BCUT2D eigenvalue weighted by atomic mass is 10.2. The molecule has 0 unspecified atom stereocenters. The molecule has 2 N–H and O–H groups in total. The standard InChI is InChI=1S/C9H10N2/c1-11-7-9-5-3-2-4-8(9)6-10/h2-7H,1,10H2/b8-6-,9-7-. The lowest BCUT2D eigenvalue weighted by Gasteiger charge is -1.85. The van der Waals surface area contributed by atoms with E-state index in [1.807, 2.05) is 24.3 Å². The van der Waals surface area contributed by atoms with E-state index in [4.69, 9.17) is 5.73 Å². The Balaban J connectivity index is 3.48. The van der Waals surface area contributed by atoms with Gasteiger partial charge in [-0.3, -0.25) is 4.99 Å². The van der Waals surface area contributed by atoms with E-state index in [-0.39, 0.29) is 0 Å². The molecule has 0 heterocycles. The molecule has 0 saturated heterocycles. The average Bonchev–Trinajstić information content (AvgIpc) is 2.06. The maximum atomic E-state index is 5.37. The Morgan fingerprint density at radius 1 is 1.27 bits per heavy atom. The van der Waals surface area contributed by atoms with E-state index in [1.54, 1.807) is 12.4 Å². The Hall–Kier alpha value is -1.57. The van der Waals surface area contributed by atoms with Crippen LogP contribution in [0, 0.1) is 0 Å². The molecule has 0 amide bonds. The van der Waals surface area contributed by atoms with Crippen LogP contribution in [0.15, 0.2) is 29.3 Å². The van der Waals surface area contributed by atoms with Crippen molar-refractivity contribution in [2.24, 2.45) is 10.7 Å². The third kappa shape index (κ3) is 1.67. The third-order valence-electron chi connectivity index (χ3n) is 1.41. The monoisotopic (exact) mass is 146 g/mol. The second-order valence-electron chi connectivity index (χ2n) is 2.11. The number of benzene rings is 1. The van der Waals surface area contributed by atoms with Gasteiger partial charge in [0.2, 0.25) is 0 Å². The van der Waals surface area contributed by atoms with Crippen LogP contribution in [0.4, 0.5) is 0 Å². The zero-order chi connectivity index (χ0) is 8.10. The van der Waals surface area contributed by atoms with E-state index in [0.717, 1.165) is 10.4 Å². The van der Waals surface area contributed by atoms with Crippen molar-refractivity contribution in [2.75, 3.05) is 0 Å². The molecule has 2 heteroatoms. The molecule has 0 bridgehead atoms. The van der Waals surface area contributed by atoms with E-state index in [2.05, 4.69) is 11.7 Å². The van der Waals surface area contributed by atoms with Crippen molar-refractivity contribution in [3.05, 3.63) is 34.7 Å². The van der Waals surface area contributed by atoms with Gasteiger partial charge in [0.15, 0.2) is 0 Å². The van der Waals surface area contributed by atoms with Crippen molar-refractivity contribution in [1.82, 2.24) is 0 Å². The van der Waals surface area contributed by atoms with Gasteiger partial charge in [-0.05, 0) is 11.9 Å². The molecule has 0 aliphatic carbocycles. The number of hydrogen-bond donors (Lipinski definition) is 1. The summed E-state index contributed by atoms with van der Waals surface area (Å²) >= 11 is 0. The average molecular weight is 146 g/mol. The molecule has 0 fully saturated rings. The highest BCUT2D eigenvalue weighted by molar-refractivity contribution is 5.37.